The molecule has 0 N–H and O–H groups in total. The van der Waals surface area contributed by atoms with Gasteiger partial charge in [0.05, 0.1) is 12.7 Å². The van der Waals surface area contributed by atoms with Crippen molar-refractivity contribution in [1.29, 1.82) is 0 Å². The molecular weight excluding hydrogens is 331 g/mol. The normalized spacial score (nSPS) is 26.7. The number of hydrogen-bond donors (Lipinski definition) is 0. The highest BCUT2D eigenvalue weighted by atomic mass is 31.2. The highest BCUT2D eigenvalue weighted by Crippen LogP contribution is 2.51. The average molecular weight is 358 g/mol. The Kier molecular flexibility index (Phi) is 11.2. The zero-order chi connectivity index (χ0) is 17.0. The Morgan fingerprint density at radius 1 is 1.09 bits per heavy atom. The summed E-state index contributed by atoms with van der Waals surface area (Å²) >= 11 is 0. The Labute approximate surface area is 136 Å². The van der Waals surface area contributed by atoms with Crippen molar-refractivity contribution in [3.05, 3.63) is 0 Å². The highest BCUT2D eigenvalue weighted by Gasteiger charge is 2.35. The van der Waals surface area contributed by atoms with E-state index in [4.69, 9.17) is 9.41 Å². The molecule has 0 saturated carbocycles. The molecule has 2 unspecified atom stereocenters. The van der Waals surface area contributed by atoms with E-state index < -0.39 is 13.9 Å². The van der Waals surface area contributed by atoms with E-state index in [2.05, 4.69) is 43.2 Å². The van der Waals surface area contributed by atoms with Crippen molar-refractivity contribution >= 4 is 7.82 Å². The maximum Gasteiger partial charge on any atom is 0.532 e. The van der Waals surface area contributed by atoms with Gasteiger partial charge in [-0.3, -0.25) is 4.52 Å². The smallest absolute Gasteiger partial charge is 0.278 e. The lowest BCUT2D eigenvalue weighted by atomic mass is 10.0. The van der Waals surface area contributed by atoms with Crippen molar-refractivity contribution in [2.45, 2.75) is 65.4 Å². The van der Waals surface area contributed by atoms with Crippen LogP contribution in [0.5, 0.6) is 0 Å². The molecule has 138 valence electrons. The van der Waals surface area contributed by atoms with Crippen molar-refractivity contribution in [2.24, 2.45) is 5.92 Å². The molecule has 0 aromatic heterocycles. The van der Waals surface area contributed by atoms with Gasteiger partial charge < -0.3 is 0 Å². The number of hydrogen-bond acceptors (Lipinski definition) is 9. The maximum atomic E-state index is 12.1. The van der Waals surface area contributed by atoms with Gasteiger partial charge in [-0.15, -0.1) is 4.67 Å². The summed E-state index contributed by atoms with van der Waals surface area (Å²) in [5, 5.41) is 12.1. The monoisotopic (exact) mass is 358 g/mol. The van der Waals surface area contributed by atoms with Crippen LogP contribution in [-0.2, 0) is 43.3 Å². The van der Waals surface area contributed by atoms with Crippen molar-refractivity contribution in [1.82, 2.24) is 0 Å². The third-order valence-electron chi connectivity index (χ3n) is 2.99. The lowest BCUT2D eigenvalue weighted by molar-refractivity contribution is -0.692. The van der Waals surface area contributed by atoms with Gasteiger partial charge in [0.2, 0.25) is 0 Å². The summed E-state index contributed by atoms with van der Waals surface area (Å²) in [5.74, 6) is 0.751. The third-order valence-corrected chi connectivity index (χ3v) is 4.14. The standard InChI is InChI=1S/C13H27O9P/c1-12(2)9-7-5-4-6-8-10-15-21-23(14)17-13(3)11-16-18-19-20-22-23/h12-13H,4-11H2,1-3H3. The first-order valence-electron chi connectivity index (χ1n) is 7.93. The van der Waals surface area contributed by atoms with E-state index in [9.17, 15) is 4.57 Å². The first-order chi connectivity index (χ1) is 11.0. The molecule has 10 heteroatoms. The van der Waals surface area contributed by atoms with Crippen LogP contribution in [0.25, 0.3) is 0 Å². The predicted octanol–water partition coefficient (Wildman–Crippen LogP) is 4.20. The van der Waals surface area contributed by atoms with Crippen molar-refractivity contribution in [2.75, 3.05) is 13.2 Å². The molecule has 0 radical (unpaired) electrons. The molecule has 23 heavy (non-hydrogen) atoms. The molecule has 1 rings (SSSR count). The van der Waals surface area contributed by atoms with Gasteiger partial charge in [0.15, 0.2) is 0 Å². The Hall–Kier alpha value is -0.0900. The second kappa shape index (κ2) is 12.3. The van der Waals surface area contributed by atoms with Crippen molar-refractivity contribution in [3.63, 3.8) is 0 Å². The van der Waals surface area contributed by atoms with E-state index in [0.717, 1.165) is 25.2 Å². The highest BCUT2D eigenvalue weighted by molar-refractivity contribution is 7.48. The molecule has 1 aliphatic heterocycles. The molecule has 1 aliphatic rings. The molecule has 0 bridgehead atoms. The van der Waals surface area contributed by atoms with Crippen LogP contribution >= 0.6 is 7.82 Å². The van der Waals surface area contributed by atoms with Crippen LogP contribution in [-0.4, -0.2) is 19.3 Å². The molecule has 0 aromatic carbocycles. The van der Waals surface area contributed by atoms with E-state index in [1.807, 2.05) is 0 Å². The predicted molar refractivity (Wildman–Crippen MR) is 78.0 cm³/mol. The summed E-state index contributed by atoms with van der Waals surface area (Å²) in [5.41, 5.74) is 0. The molecular formula is C13H27O9P. The first kappa shape index (κ1) is 21.0. The largest absolute Gasteiger partial charge is 0.532 e. The fourth-order valence-electron chi connectivity index (χ4n) is 1.85. The number of phosphoric acid groups is 1. The second-order valence-corrected chi connectivity index (χ2v) is 7.18. The average Bonchev–Trinajstić information content (AvgIpc) is 2.56. The molecule has 0 amide bonds. The summed E-state index contributed by atoms with van der Waals surface area (Å²) in [6.45, 7) is 6.23. The van der Waals surface area contributed by atoms with Crippen LogP contribution in [0.3, 0.4) is 0 Å². The van der Waals surface area contributed by atoms with E-state index in [0.29, 0.717) is 0 Å². The Morgan fingerprint density at radius 2 is 1.83 bits per heavy atom. The van der Waals surface area contributed by atoms with Crippen LogP contribution in [0.1, 0.15) is 59.3 Å². The van der Waals surface area contributed by atoms with Crippen LogP contribution in [0.4, 0.5) is 0 Å². The summed E-state index contributed by atoms with van der Waals surface area (Å²) in [6.07, 6.45) is 5.97. The van der Waals surface area contributed by atoms with Crippen molar-refractivity contribution in [3.8, 4) is 0 Å². The van der Waals surface area contributed by atoms with Gasteiger partial charge in [-0.25, -0.2) is 14.3 Å². The van der Waals surface area contributed by atoms with E-state index in [1.54, 1.807) is 6.92 Å². The van der Waals surface area contributed by atoms with Crippen LogP contribution in [0.15, 0.2) is 0 Å². The zero-order valence-electron chi connectivity index (χ0n) is 13.9. The summed E-state index contributed by atoms with van der Waals surface area (Å²) in [4.78, 5) is 9.37. The minimum absolute atomic E-state index is 0.0591. The molecule has 9 nitrogen and oxygen atoms in total. The molecule has 1 heterocycles. The van der Waals surface area contributed by atoms with Gasteiger partial charge in [-0.2, -0.15) is 0 Å². The van der Waals surface area contributed by atoms with Gasteiger partial charge >= 0.3 is 7.82 Å². The summed E-state index contributed by atoms with van der Waals surface area (Å²) in [6, 6.07) is 0. The van der Waals surface area contributed by atoms with Gasteiger partial charge in [0.1, 0.15) is 6.61 Å². The van der Waals surface area contributed by atoms with Gasteiger partial charge in [-0.1, -0.05) is 50.6 Å². The van der Waals surface area contributed by atoms with Gasteiger partial charge in [0.25, 0.3) is 0 Å². The molecule has 0 spiro atoms. The minimum Gasteiger partial charge on any atom is -0.278 e. The van der Waals surface area contributed by atoms with E-state index in [1.165, 1.54) is 19.3 Å². The Balaban J connectivity index is 2.09. The van der Waals surface area contributed by atoms with Crippen LogP contribution in [0.2, 0.25) is 0 Å². The SMILES string of the molecule is CC(C)CCCCCCCOOP1(=O)OOOOOCC(C)O1. The van der Waals surface area contributed by atoms with Crippen molar-refractivity contribution < 1.29 is 43.3 Å². The minimum atomic E-state index is -4.08. The van der Waals surface area contributed by atoms with E-state index in [-0.39, 0.29) is 13.2 Å². The molecule has 0 aliphatic carbocycles. The second-order valence-electron chi connectivity index (χ2n) is 5.77. The van der Waals surface area contributed by atoms with Gasteiger partial charge in [0, 0.05) is 0 Å². The zero-order valence-corrected chi connectivity index (χ0v) is 14.8. The van der Waals surface area contributed by atoms with Gasteiger partial charge in [-0.05, 0) is 34.4 Å². The Morgan fingerprint density at radius 3 is 2.61 bits per heavy atom. The fourth-order valence-corrected chi connectivity index (χ4v) is 2.75. The molecule has 2 atom stereocenters. The van der Waals surface area contributed by atoms with E-state index >= 15 is 0 Å². The molecule has 0 aromatic rings. The fraction of sp³-hybridized carbons (Fsp3) is 1.00. The maximum absolute atomic E-state index is 12.1. The number of rotatable bonds is 10. The van der Waals surface area contributed by atoms with Crippen LogP contribution < -0.4 is 0 Å². The molecule has 1 saturated heterocycles. The first-order valence-corrected chi connectivity index (χ1v) is 9.39. The Bertz CT molecular complexity index is 339. The van der Waals surface area contributed by atoms with Crippen LogP contribution in [0, 0.1) is 5.92 Å². The third kappa shape index (κ3) is 11.1. The molecule has 1 fully saturated rings. The lowest BCUT2D eigenvalue weighted by Crippen LogP contribution is -2.15. The quantitative estimate of drug-likeness (QED) is 0.246. The summed E-state index contributed by atoms with van der Waals surface area (Å²) < 4.78 is 26.2. The lowest BCUT2D eigenvalue weighted by Gasteiger charge is -2.16. The topological polar surface area (TPSA) is 90.9 Å². The number of unbranched alkanes of at least 4 members (excludes halogenated alkanes) is 4. The summed E-state index contributed by atoms with van der Waals surface area (Å²) in [7, 11) is -4.08.